The van der Waals surface area contributed by atoms with E-state index in [-0.39, 0.29) is 23.7 Å². The van der Waals surface area contributed by atoms with E-state index in [0.29, 0.717) is 11.3 Å². The Hall–Kier alpha value is -3.16. The van der Waals surface area contributed by atoms with Gasteiger partial charge in [-0.05, 0) is 48.9 Å². The Morgan fingerprint density at radius 2 is 1.96 bits per heavy atom. The van der Waals surface area contributed by atoms with Crippen molar-refractivity contribution in [1.29, 1.82) is 0 Å². The Morgan fingerprint density at radius 3 is 2.62 bits per heavy atom. The molecule has 26 heavy (non-hydrogen) atoms. The van der Waals surface area contributed by atoms with Gasteiger partial charge in [0.05, 0.1) is 17.8 Å². The summed E-state index contributed by atoms with van der Waals surface area (Å²) in [4.78, 5) is 27.5. The molecule has 0 atom stereocenters. The third-order valence-corrected chi connectivity index (χ3v) is 3.37. The minimum Gasteiger partial charge on any atom is -0.347 e. The molecule has 2 rings (SSSR count). The molecule has 0 bridgehead atoms. The van der Waals surface area contributed by atoms with E-state index in [0.717, 1.165) is 18.2 Å². The van der Waals surface area contributed by atoms with E-state index >= 15 is 0 Å². The number of hydrogen-bond acceptors (Lipinski definition) is 3. The number of hydrogen-bond donors (Lipinski definition) is 2. The van der Waals surface area contributed by atoms with Crippen LogP contribution in [0.4, 0.5) is 18.9 Å². The summed E-state index contributed by atoms with van der Waals surface area (Å²) in [6.07, 6.45) is -2.02. The fourth-order valence-electron chi connectivity index (χ4n) is 2.19. The summed E-state index contributed by atoms with van der Waals surface area (Å²) in [5, 5.41) is 4.96. The molecule has 5 nitrogen and oxygen atoms in total. The van der Waals surface area contributed by atoms with E-state index in [1.807, 2.05) is 0 Å². The molecule has 2 aromatic rings. The van der Waals surface area contributed by atoms with Crippen molar-refractivity contribution < 1.29 is 22.8 Å². The third kappa shape index (κ3) is 5.17. The van der Waals surface area contributed by atoms with Gasteiger partial charge in [0.2, 0.25) is 5.91 Å². The van der Waals surface area contributed by atoms with Gasteiger partial charge in [-0.1, -0.05) is 6.58 Å². The van der Waals surface area contributed by atoms with E-state index in [9.17, 15) is 22.8 Å². The van der Waals surface area contributed by atoms with E-state index in [1.54, 1.807) is 0 Å². The number of aryl methyl sites for hydroxylation is 1. The first-order chi connectivity index (χ1) is 12.2. The van der Waals surface area contributed by atoms with Crippen molar-refractivity contribution in [2.75, 3.05) is 5.32 Å². The number of anilines is 1. The number of nitrogens with one attached hydrogen (secondary N) is 2. The molecule has 0 unspecified atom stereocenters. The lowest BCUT2D eigenvalue weighted by molar-refractivity contribution is -0.137. The highest BCUT2D eigenvalue weighted by molar-refractivity contribution is 6.04. The lowest BCUT2D eigenvalue weighted by atomic mass is 10.1. The van der Waals surface area contributed by atoms with Crippen molar-refractivity contribution >= 4 is 17.5 Å². The molecule has 0 radical (unpaired) electrons. The Morgan fingerprint density at radius 1 is 1.23 bits per heavy atom. The second-order valence-electron chi connectivity index (χ2n) is 5.50. The average molecular weight is 363 g/mol. The molecular formula is C18H16F3N3O2. The van der Waals surface area contributed by atoms with Crippen molar-refractivity contribution in [2.24, 2.45) is 0 Å². The van der Waals surface area contributed by atoms with Crippen molar-refractivity contribution in [1.82, 2.24) is 10.3 Å². The smallest absolute Gasteiger partial charge is 0.347 e. The number of nitrogens with zero attached hydrogens (tertiary/aromatic N) is 1. The van der Waals surface area contributed by atoms with Crippen LogP contribution in [0.1, 0.15) is 27.2 Å². The first-order valence-electron chi connectivity index (χ1n) is 7.54. The number of amides is 2. The summed E-state index contributed by atoms with van der Waals surface area (Å²) >= 11 is 0. The predicted molar refractivity (Wildman–Crippen MR) is 90.4 cm³/mol. The number of halogens is 3. The van der Waals surface area contributed by atoms with E-state index in [2.05, 4.69) is 22.2 Å². The number of rotatable bonds is 5. The SMILES string of the molecule is C=CC(=O)NCc1cc(C(=O)Nc2cc(C)cc(C(F)(F)F)c2)ccn1. The van der Waals surface area contributed by atoms with Gasteiger partial charge in [-0.25, -0.2) is 0 Å². The minimum atomic E-state index is -4.50. The van der Waals surface area contributed by atoms with Gasteiger partial charge in [0, 0.05) is 17.4 Å². The number of benzene rings is 1. The van der Waals surface area contributed by atoms with Crippen LogP contribution in [0.5, 0.6) is 0 Å². The Labute approximate surface area is 147 Å². The van der Waals surface area contributed by atoms with Gasteiger partial charge in [-0.2, -0.15) is 13.2 Å². The number of pyridine rings is 1. The zero-order valence-corrected chi connectivity index (χ0v) is 13.9. The molecule has 1 aromatic carbocycles. The first-order valence-corrected chi connectivity index (χ1v) is 7.54. The highest BCUT2D eigenvalue weighted by atomic mass is 19.4. The summed E-state index contributed by atoms with van der Waals surface area (Å²) in [7, 11) is 0. The van der Waals surface area contributed by atoms with Crippen LogP contribution in [-0.4, -0.2) is 16.8 Å². The van der Waals surface area contributed by atoms with E-state index in [1.165, 1.54) is 31.3 Å². The molecule has 0 aliphatic rings. The molecule has 0 fully saturated rings. The van der Waals surface area contributed by atoms with Crippen LogP contribution in [0.15, 0.2) is 49.2 Å². The molecule has 0 aliphatic heterocycles. The molecule has 136 valence electrons. The maximum Gasteiger partial charge on any atom is 0.416 e. The molecule has 1 aromatic heterocycles. The number of carbonyl (C=O) groups excluding carboxylic acids is 2. The summed E-state index contributed by atoms with van der Waals surface area (Å²) < 4.78 is 38.6. The zero-order chi connectivity index (χ0) is 19.3. The summed E-state index contributed by atoms with van der Waals surface area (Å²) in [5.74, 6) is -0.969. The monoisotopic (exact) mass is 363 g/mol. The summed E-state index contributed by atoms with van der Waals surface area (Å²) in [6.45, 7) is 4.92. The van der Waals surface area contributed by atoms with Crippen LogP contribution in [0, 0.1) is 6.92 Å². The normalized spacial score (nSPS) is 10.9. The van der Waals surface area contributed by atoms with Crippen molar-refractivity contribution in [3.8, 4) is 0 Å². The molecule has 0 spiro atoms. The quantitative estimate of drug-likeness (QED) is 0.799. The van der Waals surface area contributed by atoms with Crippen LogP contribution < -0.4 is 10.6 Å². The third-order valence-electron chi connectivity index (χ3n) is 3.37. The maximum atomic E-state index is 12.9. The topological polar surface area (TPSA) is 71.1 Å². The molecule has 1 heterocycles. The van der Waals surface area contributed by atoms with Crippen LogP contribution in [-0.2, 0) is 17.5 Å². The van der Waals surface area contributed by atoms with Crippen molar-refractivity contribution in [3.05, 3.63) is 71.6 Å². The minimum absolute atomic E-state index is 0.0423. The lowest BCUT2D eigenvalue weighted by Gasteiger charge is -2.12. The van der Waals surface area contributed by atoms with Gasteiger partial charge in [-0.3, -0.25) is 14.6 Å². The molecular weight excluding hydrogens is 347 g/mol. The van der Waals surface area contributed by atoms with Crippen LogP contribution in [0.3, 0.4) is 0 Å². The molecule has 0 aliphatic carbocycles. The number of carbonyl (C=O) groups is 2. The highest BCUT2D eigenvalue weighted by Gasteiger charge is 2.31. The van der Waals surface area contributed by atoms with Gasteiger partial charge in [0.1, 0.15) is 0 Å². The largest absolute Gasteiger partial charge is 0.416 e. The fraction of sp³-hybridized carbons (Fsp3) is 0.167. The maximum absolute atomic E-state index is 12.9. The number of aromatic nitrogens is 1. The molecule has 8 heteroatoms. The molecule has 2 N–H and O–H groups in total. The van der Waals surface area contributed by atoms with Gasteiger partial charge in [-0.15, -0.1) is 0 Å². The summed E-state index contributed by atoms with van der Waals surface area (Å²) in [6, 6.07) is 6.19. The highest BCUT2D eigenvalue weighted by Crippen LogP contribution is 2.31. The molecule has 0 saturated carbocycles. The Balaban J connectivity index is 2.16. The fourth-order valence-corrected chi connectivity index (χ4v) is 2.19. The second-order valence-corrected chi connectivity index (χ2v) is 5.50. The predicted octanol–water partition coefficient (Wildman–Crippen LogP) is 3.46. The zero-order valence-electron chi connectivity index (χ0n) is 13.9. The summed E-state index contributed by atoms with van der Waals surface area (Å²) in [5.41, 5.74) is 0.208. The van der Waals surface area contributed by atoms with Gasteiger partial charge in [0.25, 0.3) is 5.91 Å². The van der Waals surface area contributed by atoms with E-state index < -0.39 is 17.6 Å². The molecule has 0 saturated heterocycles. The second kappa shape index (κ2) is 7.81. The average Bonchev–Trinajstić information content (AvgIpc) is 2.58. The van der Waals surface area contributed by atoms with Gasteiger partial charge < -0.3 is 10.6 Å². The van der Waals surface area contributed by atoms with Crippen LogP contribution in [0.25, 0.3) is 0 Å². The molecule has 2 amide bonds. The first kappa shape index (κ1) is 19.2. The van der Waals surface area contributed by atoms with Gasteiger partial charge >= 0.3 is 6.18 Å². The Bertz CT molecular complexity index is 848. The van der Waals surface area contributed by atoms with Crippen molar-refractivity contribution in [3.63, 3.8) is 0 Å². The van der Waals surface area contributed by atoms with Crippen molar-refractivity contribution in [2.45, 2.75) is 19.6 Å². The lowest BCUT2D eigenvalue weighted by Crippen LogP contribution is -2.21. The number of alkyl halides is 3. The van der Waals surface area contributed by atoms with Crippen LogP contribution in [0.2, 0.25) is 0 Å². The Kier molecular flexibility index (Phi) is 5.76. The van der Waals surface area contributed by atoms with Crippen LogP contribution >= 0.6 is 0 Å². The van der Waals surface area contributed by atoms with Gasteiger partial charge in [0.15, 0.2) is 0 Å². The standard InChI is InChI=1S/C18H16F3N3O2/c1-3-16(25)23-10-15-8-12(4-5-22-15)17(26)24-14-7-11(2)6-13(9-14)18(19,20)21/h3-9H,1,10H2,2H3,(H,23,25)(H,24,26). The van der Waals surface area contributed by atoms with E-state index in [4.69, 9.17) is 0 Å².